The number of carboxylic acids is 1. The quantitative estimate of drug-likeness (QED) is 0.0164. The number of hydrogen-bond acceptors (Lipinski definition) is 21. The molecule has 0 saturated heterocycles. The molecule has 36 nitrogen and oxygen atoms in total. The number of aromatic hydroxyl groups is 1. The van der Waals surface area contributed by atoms with Crippen molar-refractivity contribution in [3.63, 3.8) is 0 Å². The molecular weight excluding hydrogens is 1310 g/mol. The van der Waals surface area contributed by atoms with E-state index in [9.17, 15) is 78.0 Å². The third-order valence-electron chi connectivity index (χ3n) is 15.2. The number of amides is 11. The highest BCUT2D eigenvalue weighted by Crippen LogP contribution is 2.16. The molecule has 0 saturated carbocycles. The molecule has 1 aromatic rings. The van der Waals surface area contributed by atoms with Crippen LogP contribution in [0.2, 0.25) is 0 Å². The van der Waals surface area contributed by atoms with Gasteiger partial charge in [0.15, 0.2) is 11.9 Å². The number of thioether (sulfide) groups is 1. The number of nitrogens with one attached hydrogen (secondary N) is 11. The number of aliphatic carboxylic acids is 1. The molecule has 1 aromatic carbocycles. The molecule has 0 spiro atoms. The van der Waals surface area contributed by atoms with Crippen LogP contribution >= 0.6 is 11.8 Å². The van der Waals surface area contributed by atoms with Gasteiger partial charge in [-0.3, -0.25) is 67.5 Å². The molecule has 0 aliphatic carbocycles. The van der Waals surface area contributed by atoms with E-state index in [1.807, 2.05) is 13.8 Å². The zero-order valence-electron chi connectivity index (χ0n) is 57.8. The Bertz CT molecular complexity index is 2810. The van der Waals surface area contributed by atoms with Gasteiger partial charge in [0.05, 0.1) is 25.2 Å². The lowest BCUT2D eigenvalue weighted by atomic mass is 10.0. The second-order valence-electron chi connectivity index (χ2n) is 24.7. The van der Waals surface area contributed by atoms with Crippen molar-refractivity contribution in [3.8, 4) is 5.75 Å². The summed E-state index contributed by atoms with van der Waals surface area (Å²) < 4.78 is 0. The van der Waals surface area contributed by atoms with Crippen LogP contribution in [-0.4, -0.2) is 228 Å². The lowest BCUT2D eigenvalue weighted by molar-refractivity contribution is -0.142. The third kappa shape index (κ3) is 36.1. The average Bonchev–Trinajstić information content (AvgIpc) is 0.863. The van der Waals surface area contributed by atoms with E-state index in [2.05, 4.69) is 68.5 Å². The van der Waals surface area contributed by atoms with Gasteiger partial charge >= 0.3 is 5.97 Å². The molecule has 29 N–H and O–H groups in total. The Morgan fingerprint density at radius 2 is 0.828 bits per heavy atom. The standard InChI is InChI=1S/C62H110N20O16S/c1-33(2)28-43(50(65)88)77-52(90)40(16-12-25-71-61(66)67)75-57(95)45(30-36-18-20-37(85)21-19-36)79-53(91)39(15-9-11-24-64)73-58(96)46(31-48(86)87)80-60(98)49(35(5)84)82-55(93)42(22-27-99-7)76-59(97)47(32-83)81-54(92)41(17-13-26-72-62(68)69)74-56(94)44(29-34(3)4)78-51(89)38(70-6)14-8-10-23-63/h18-21,33-35,38-47,49,70,83-85H,8-17,22-32,63-64H2,1-7H3,(H2,65,88)(H,73,96)(H,74,94)(H,75,95)(H,76,97)(H,77,90)(H,78,89)(H,79,91)(H,80,98)(H,81,92)(H,82,93)(H,86,87)(H4,66,67,71)(H4,68,69,72)/t35-,38+,39+,40+,41+,42+,43+,44+,45+,46+,47+,49+/m1/s1. The lowest BCUT2D eigenvalue weighted by Crippen LogP contribution is -2.62. The molecule has 11 amide bonds. The number of rotatable bonds is 51. The number of unbranched alkanes of at least 4 members (excludes halogenated alkanes) is 2. The highest BCUT2D eigenvalue weighted by Gasteiger charge is 2.38. The summed E-state index contributed by atoms with van der Waals surface area (Å²) in [5, 5.41) is 69.5. The Labute approximate surface area is 581 Å². The zero-order valence-corrected chi connectivity index (χ0v) is 58.6. The lowest BCUT2D eigenvalue weighted by Gasteiger charge is -2.29. The minimum atomic E-state index is -2.03. The number of phenols is 1. The number of nitrogens with zero attached hydrogens (tertiary/aromatic N) is 2. The highest BCUT2D eigenvalue weighted by molar-refractivity contribution is 7.98. The van der Waals surface area contributed by atoms with Gasteiger partial charge < -0.3 is 119 Å². The number of aliphatic hydroxyl groups is 2. The third-order valence-corrected chi connectivity index (χ3v) is 15.8. The van der Waals surface area contributed by atoms with Crippen LogP contribution in [0.25, 0.3) is 0 Å². The maximum absolute atomic E-state index is 14.5. The van der Waals surface area contributed by atoms with Gasteiger partial charge in [0.2, 0.25) is 65.0 Å². The number of phenolic OH excluding ortho intramolecular Hbond substituents is 1. The number of primary amides is 1. The van der Waals surface area contributed by atoms with Gasteiger partial charge in [0.1, 0.15) is 66.2 Å². The summed E-state index contributed by atoms with van der Waals surface area (Å²) in [6, 6.07) is -10.7. The van der Waals surface area contributed by atoms with Crippen LogP contribution in [0.5, 0.6) is 5.75 Å². The van der Waals surface area contributed by atoms with Crippen LogP contribution in [0.1, 0.15) is 130 Å². The summed E-state index contributed by atoms with van der Waals surface area (Å²) in [7, 11) is 1.60. The summed E-state index contributed by atoms with van der Waals surface area (Å²) >= 11 is 1.23. The van der Waals surface area contributed by atoms with Gasteiger partial charge in [-0.1, -0.05) is 46.2 Å². The zero-order chi connectivity index (χ0) is 74.9. The first kappa shape index (κ1) is 88.4. The maximum atomic E-state index is 14.5. The molecule has 37 heteroatoms. The van der Waals surface area contributed by atoms with Crippen molar-refractivity contribution in [1.82, 2.24) is 58.5 Å². The van der Waals surface area contributed by atoms with Crippen molar-refractivity contribution in [3.05, 3.63) is 29.8 Å². The number of guanidine groups is 2. The number of benzene rings is 1. The first-order valence-electron chi connectivity index (χ1n) is 33.0. The number of carbonyl (C=O) groups is 12. The van der Waals surface area contributed by atoms with E-state index in [1.54, 1.807) is 27.2 Å². The predicted molar refractivity (Wildman–Crippen MR) is 372 cm³/mol. The van der Waals surface area contributed by atoms with Gasteiger partial charge in [0.25, 0.3) is 0 Å². The Morgan fingerprint density at radius 1 is 0.465 bits per heavy atom. The second-order valence-corrected chi connectivity index (χ2v) is 25.7. The van der Waals surface area contributed by atoms with Crippen LogP contribution in [0.3, 0.4) is 0 Å². The Hall–Kier alpha value is -8.65. The van der Waals surface area contributed by atoms with Gasteiger partial charge in [-0.15, -0.1) is 0 Å². The van der Waals surface area contributed by atoms with Crippen molar-refractivity contribution in [1.29, 1.82) is 0 Å². The molecular formula is C62H110N20O16S. The molecule has 12 atom stereocenters. The SMILES string of the molecule is CN[C@@H](CCCCN)C(=O)N[C@@H](CC(C)C)C(=O)N[C@@H](CCCN=C(N)N)C(=O)N[C@@H](CO)C(=O)N[C@@H](CCSC)C(=O)N[C@H](C(=O)N[C@@H](CC(=O)O)C(=O)N[C@@H](CCCCN)C(=O)N[C@@H](Cc1ccc(O)cc1)C(=O)N[C@@H](CCCN=C(N)N)C(=O)N[C@@H](CC(C)C)C(N)=O)[C@@H](C)O. The van der Waals surface area contributed by atoms with E-state index >= 15 is 0 Å². The molecule has 0 aromatic heterocycles. The number of carbonyl (C=O) groups excluding carboxylic acids is 11. The summed E-state index contributed by atoms with van der Waals surface area (Å²) in [6.45, 7) is 7.86. The largest absolute Gasteiger partial charge is 0.508 e. The van der Waals surface area contributed by atoms with Gasteiger partial charge in [-0.05, 0) is 146 Å². The van der Waals surface area contributed by atoms with Crippen molar-refractivity contribution >= 4 is 94.6 Å². The monoisotopic (exact) mass is 1420 g/mol. The topological polar surface area (TPSA) is 625 Å². The fourth-order valence-electron chi connectivity index (χ4n) is 9.88. The number of nitrogens with two attached hydrogens (primary N) is 7. The van der Waals surface area contributed by atoms with Crippen molar-refractivity contribution in [2.45, 2.75) is 203 Å². The Morgan fingerprint density at radius 3 is 1.25 bits per heavy atom. The highest BCUT2D eigenvalue weighted by atomic mass is 32.2. The predicted octanol–water partition coefficient (Wildman–Crippen LogP) is -6.09. The fourth-order valence-corrected chi connectivity index (χ4v) is 10.4. The molecule has 0 radical (unpaired) electrons. The first-order chi connectivity index (χ1) is 46.7. The summed E-state index contributed by atoms with van der Waals surface area (Å²) in [4.78, 5) is 173. The number of aliphatic imine (C=N–C) groups is 2. The van der Waals surface area contributed by atoms with Crippen LogP contribution in [0, 0.1) is 11.8 Å². The molecule has 0 aliphatic rings. The Balaban J connectivity index is 3.65. The summed E-state index contributed by atoms with van der Waals surface area (Å²) in [5.41, 5.74) is 39.4. The van der Waals surface area contributed by atoms with Crippen molar-refractivity contribution < 1.29 is 78.0 Å². The van der Waals surface area contributed by atoms with Crippen molar-refractivity contribution in [2.24, 2.45) is 62.0 Å². The van der Waals surface area contributed by atoms with Crippen LogP contribution in [0.4, 0.5) is 0 Å². The molecule has 1 rings (SSSR count). The van der Waals surface area contributed by atoms with Gasteiger partial charge in [-0.2, -0.15) is 11.8 Å². The summed E-state index contributed by atoms with van der Waals surface area (Å²) in [5.74, 6) is -12.9. The van der Waals surface area contributed by atoms with E-state index in [0.29, 0.717) is 37.8 Å². The van der Waals surface area contributed by atoms with Gasteiger partial charge in [-0.25, -0.2) is 0 Å². The first-order valence-corrected chi connectivity index (χ1v) is 34.4. The number of aliphatic hydroxyl groups excluding tert-OH is 2. The fraction of sp³-hybridized carbons (Fsp3) is 0.677. The number of hydrogen-bond donors (Lipinski definition) is 22. The van der Waals surface area contributed by atoms with E-state index in [-0.39, 0.29) is 119 Å². The van der Waals surface area contributed by atoms with Gasteiger partial charge in [0, 0.05) is 19.5 Å². The normalized spacial score (nSPS) is 14.8. The minimum absolute atomic E-state index is 0.0138. The van der Waals surface area contributed by atoms with E-state index in [0.717, 1.165) is 6.92 Å². The molecule has 560 valence electrons. The van der Waals surface area contributed by atoms with E-state index < -0.39 is 157 Å². The second kappa shape index (κ2) is 48.2. The van der Waals surface area contributed by atoms with Crippen LogP contribution in [0.15, 0.2) is 34.3 Å². The Kier molecular flexibility index (Phi) is 43.0. The molecule has 0 aliphatic heterocycles. The smallest absolute Gasteiger partial charge is 0.305 e. The molecule has 0 heterocycles. The van der Waals surface area contributed by atoms with Crippen LogP contribution in [-0.2, 0) is 64.0 Å². The molecule has 99 heavy (non-hydrogen) atoms. The maximum Gasteiger partial charge on any atom is 0.305 e. The molecule has 0 fully saturated rings. The average molecular weight is 1420 g/mol. The minimum Gasteiger partial charge on any atom is -0.508 e. The van der Waals surface area contributed by atoms with E-state index in [1.165, 1.54) is 36.0 Å². The van der Waals surface area contributed by atoms with Crippen molar-refractivity contribution in [2.75, 3.05) is 51.8 Å². The number of carboxylic acid groups (broad SMARTS) is 1. The molecule has 0 unspecified atom stereocenters. The number of likely N-dealkylation sites (N-methyl/N-ethyl adjacent to an activating group) is 1. The van der Waals surface area contributed by atoms with Crippen LogP contribution < -0.4 is 98.6 Å². The van der Waals surface area contributed by atoms with E-state index in [4.69, 9.17) is 40.1 Å². The summed E-state index contributed by atoms with van der Waals surface area (Å²) in [6.07, 6.45) is 0.673. The molecule has 0 bridgehead atoms.